The quantitative estimate of drug-likeness (QED) is 0.505. The highest BCUT2D eigenvalue weighted by Gasteiger charge is 2.16. The fourth-order valence-electron chi connectivity index (χ4n) is 2.23. The van der Waals surface area contributed by atoms with Crippen LogP contribution in [0.2, 0.25) is 0 Å². The second kappa shape index (κ2) is 7.92. The van der Waals surface area contributed by atoms with E-state index in [0.717, 1.165) is 10.0 Å². The molecule has 126 valence electrons. The Kier molecular flexibility index (Phi) is 5.42. The van der Waals surface area contributed by atoms with Crippen LogP contribution in [0.3, 0.4) is 0 Å². The van der Waals surface area contributed by atoms with Crippen LogP contribution in [0, 0.1) is 0 Å². The molecule has 6 heteroatoms. The standard InChI is InChI=1S/C19H15BrN2O3/c20-15-8-4-7-14(11-15)17-10-9-16(25-17)12-21-22-19(24)18(23)13-5-2-1-3-6-13/h1-12,18,23H,(H,22,24)/b21-12-/t18-/m1/s1. The van der Waals surface area contributed by atoms with E-state index in [0.29, 0.717) is 17.1 Å². The van der Waals surface area contributed by atoms with Crippen LogP contribution in [0.25, 0.3) is 11.3 Å². The Morgan fingerprint density at radius 1 is 1.12 bits per heavy atom. The maximum Gasteiger partial charge on any atom is 0.273 e. The van der Waals surface area contributed by atoms with Crippen LogP contribution >= 0.6 is 15.9 Å². The second-order valence-corrected chi connectivity index (χ2v) is 6.18. The number of halogens is 1. The first-order valence-electron chi connectivity index (χ1n) is 7.55. The Labute approximate surface area is 153 Å². The first kappa shape index (κ1) is 17.1. The van der Waals surface area contributed by atoms with Crippen LogP contribution in [0.1, 0.15) is 17.4 Å². The number of hydrogen-bond acceptors (Lipinski definition) is 4. The van der Waals surface area contributed by atoms with E-state index >= 15 is 0 Å². The van der Waals surface area contributed by atoms with Gasteiger partial charge in [-0.05, 0) is 29.8 Å². The molecule has 0 aliphatic heterocycles. The molecule has 0 aliphatic rings. The van der Waals surface area contributed by atoms with Gasteiger partial charge in [-0.1, -0.05) is 58.4 Å². The van der Waals surface area contributed by atoms with E-state index in [1.165, 1.54) is 6.21 Å². The van der Waals surface area contributed by atoms with Gasteiger partial charge < -0.3 is 9.52 Å². The maximum atomic E-state index is 11.9. The van der Waals surface area contributed by atoms with Crippen LogP contribution < -0.4 is 5.43 Å². The van der Waals surface area contributed by atoms with Crippen molar-refractivity contribution < 1.29 is 14.3 Å². The molecule has 2 N–H and O–H groups in total. The van der Waals surface area contributed by atoms with Gasteiger partial charge in [0.2, 0.25) is 0 Å². The summed E-state index contributed by atoms with van der Waals surface area (Å²) in [5.41, 5.74) is 3.73. The molecular formula is C19H15BrN2O3. The molecule has 0 fully saturated rings. The van der Waals surface area contributed by atoms with Crippen molar-refractivity contribution in [2.75, 3.05) is 0 Å². The first-order chi connectivity index (χ1) is 12.1. The summed E-state index contributed by atoms with van der Waals surface area (Å²) >= 11 is 3.42. The lowest BCUT2D eigenvalue weighted by Gasteiger charge is -2.08. The number of aliphatic hydroxyl groups is 1. The van der Waals surface area contributed by atoms with Crippen molar-refractivity contribution in [2.24, 2.45) is 5.10 Å². The van der Waals surface area contributed by atoms with Gasteiger partial charge in [0.05, 0.1) is 6.21 Å². The number of aliphatic hydroxyl groups excluding tert-OH is 1. The molecule has 3 rings (SSSR count). The first-order valence-corrected chi connectivity index (χ1v) is 8.34. The molecule has 0 radical (unpaired) electrons. The lowest BCUT2D eigenvalue weighted by molar-refractivity contribution is -0.129. The molecule has 1 atom stereocenters. The van der Waals surface area contributed by atoms with E-state index < -0.39 is 12.0 Å². The van der Waals surface area contributed by atoms with Crippen LogP contribution in [-0.4, -0.2) is 17.2 Å². The van der Waals surface area contributed by atoms with Gasteiger partial charge in [0, 0.05) is 10.0 Å². The van der Waals surface area contributed by atoms with Crippen molar-refractivity contribution in [3.8, 4) is 11.3 Å². The van der Waals surface area contributed by atoms with Crippen molar-refractivity contribution in [1.82, 2.24) is 5.43 Å². The third kappa shape index (κ3) is 4.43. The number of hydrazone groups is 1. The van der Waals surface area contributed by atoms with Gasteiger partial charge in [0.25, 0.3) is 5.91 Å². The molecule has 2 aromatic carbocycles. The summed E-state index contributed by atoms with van der Waals surface area (Å²) in [5, 5.41) is 13.8. The zero-order valence-electron chi connectivity index (χ0n) is 13.1. The molecule has 5 nitrogen and oxygen atoms in total. The fourth-order valence-corrected chi connectivity index (χ4v) is 2.63. The van der Waals surface area contributed by atoms with E-state index in [2.05, 4.69) is 26.5 Å². The van der Waals surface area contributed by atoms with Gasteiger partial charge in [0.15, 0.2) is 6.10 Å². The highest BCUT2D eigenvalue weighted by Crippen LogP contribution is 2.24. The summed E-state index contributed by atoms with van der Waals surface area (Å²) in [6, 6.07) is 20.0. The number of hydrogen-bond donors (Lipinski definition) is 2. The molecule has 0 aliphatic carbocycles. The highest BCUT2D eigenvalue weighted by atomic mass is 79.9. The van der Waals surface area contributed by atoms with Gasteiger partial charge >= 0.3 is 0 Å². The number of nitrogens with one attached hydrogen (secondary N) is 1. The van der Waals surface area contributed by atoms with Crippen molar-refractivity contribution >= 4 is 28.1 Å². The molecule has 0 unspecified atom stereocenters. The molecule has 0 bridgehead atoms. The van der Waals surface area contributed by atoms with E-state index in [9.17, 15) is 9.90 Å². The van der Waals surface area contributed by atoms with Gasteiger partial charge in [0.1, 0.15) is 11.5 Å². The Hall–Kier alpha value is -2.70. The van der Waals surface area contributed by atoms with Gasteiger partial charge in [-0.15, -0.1) is 0 Å². The third-order valence-corrected chi connectivity index (χ3v) is 3.96. The minimum absolute atomic E-state index is 0.490. The molecule has 0 saturated heterocycles. The summed E-state index contributed by atoms with van der Waals surface area (Å²) in [6.45, 7) is 0. The highest BCUT2D eigenvalue weighted by molar-refractivity contribution is 9.10. The van der Waals surface area contributed by atoms with Crippen LogP contribution in [0.4, 0.5) is 0 Å². The largest absolute Gasteiger partial charge is 0.455 e. The van der Waals surface area contributed by atoms with Crippen molar-refractivity contribution in [3.05, 3.63) is 82.5 Å². The lowest BCUT2D eigenvalue weighted by atomic mass is 10.1. The molecule has 1 heterocycles. The average Bonchev–Trinajstić information content (AvgIpc) is 3.11. The van der Waals surface area contributed by atoms with Gasteiger partial charge in [-0.2, -0.15) is 5.10 Å². The SMILES string of the molecule is O=C(N/N=C\c1ccc(-c2cccc(Br)c2)o1)[C@H](O)c1ccccc1. The summed E-state index contributed by atoms with van der Waals surface area (Å²) in [6.07, 6.45) is 0.115. The topological polar surface area (TPSA) is 74.8 Å². The number of furan rings is 1. The predicted molar refractivity (Wildman–Crippen MR) is 99.0 cm³/mol. The van der Waals surface area contributed by atoms with E-state index in [1.54, 1.807) is 30.3 Å². The van der Waals surface area contributed by atoms with Gasteiger partial charge in [-0.3, -0.25) is 4.79 Å². The summed E-state index contributed by atoms with van der Waals surface area (Å²) < 4.78 is 6.62. The summed E-state index contributed by atoms with van der Waals surface area (Å²) in [5.74, 6) is 0.573. The zero-order valence-corrected chi connectivity index (χ0v) is 14.7. The molecule has 0 saturated carbocycles. The smallest absolute Gasteiger partial charge is 0.273 e. The molecular weight excluding hydrogens is 384 g/mol. The third-order valence-electron chi connectivity index (χ3n) is 3.47. The minimum atomic E-state index is -1.27. The number of carbonyl (C=O) groups is 1. The Morgan fingerprint density at radius 2 is 1.92 bits per heavy atom. The predicted octanol–water partition coefficient (Wildman–Crippen LogP) is 3.89. The van der Waals surface area contributed by atoms with Gasteiger partial charge in [-0.25, -0.2) is 5.43 Å². The van der Waals surface area contributed by atoms with Crippen molar-refractivity contribution in [3.63, 3.8) is 0 Å². The van der Waals surface area contributed by atoms with Crippen LogP contribution in [0.15, 0.2) is 80.7 Å². The lowest BCUT2D eigenvalue weighted by Crippen LogP contribution is -2.25. The van der Waals surface area contributed by atoms with Crippen molar-refractivity contribution in [1.29, 1.82) is 0 Å². The van der Waals surface area contributed by atoms with E-state index in [1.807, 2.05) is 36.4 Å². The minimum Gasteiger partial charge on any atom is -0.455 e. The Bertz CT molecular complexity index is 890. The Morgan fingerprint density at radius 3 is 2.68 bits per heavy atom. The van der Waals surface area contributed by atoms with E-state index in [-0.39, 0.29) is 0 Å². The number of amides is 1. The summed E-state index contributed by atoms with van der Waals surface area (Å²) in [4.78, 5) is 11.9. The average molecular weight is 399 g/mol. The second-order valence-electron chi connectivity index (χ2n) is 5.26. The molecule has 1 aromatic heterocycles. The monoisotopic (exact) mass is 398 g/mol. The number of benzene rings is 2. The molecule has 1 amide bonds. The molecule has 3 aromatic rings. The maximum absolute atomic E-state index is 11.9. The molecule has 25 heavy (non-hydrogen) atoms. The van der Waals surface area contributed by atoms with Crippen molar-refractivity contribution in [2.45, 2.75) is 6.10 Å². The Balaban J connectivity index is 1.62. The molecule has 0 spiro atoms. The van der Waals surface area contributed by atoms with Crippen LogP contribution in [0.5, 0.6) is 0 Å². The number of nitrogens with zero attached hydrogens (tertiary/aromatic N) is 1. The number of carbonyl (C=O) groups excluding carboxylic acids is 1. The van der Waals surface area contributed by atoms with E-state index in [4.69, 9.17) is 4.42 Å². The summed E-state index contributed by atoms with van der Waals surface area (Å²) in [7, 11) is 0. The van der Waals surface area contributed by atoms with Crippen LogP contribution in [-0.2, 0) is 4.79 Å². The normalized spacial score (nSPS) is 12.2. The zero-order chi connectivity index (χ0) is 17.6. The number of rotatable bonds is 5. The fraction of sp³-hybridized carbons (Fsp3) is 0.0526.